The predicted molar refractivity (Wildman–Crippen MR) is 74.4 cm³/mol. The van der Waals surface area contributed by atoms with Crippen LogP contribution >= 0.6 is 0 Å². The Bertz CT molecular complexity index is 427. The molecule has 2 aromatic carbocycles. The van der Waals surface area contributed by atoms with E-state index in [0.717, 1.165) is 17.7 Å². The van der Waals surface area contributed by atoms with Crippen LogP contribution < -0.4 is 5.32 Å². The van der Waals surface area contributed by atoms with E-state index in [4.69, 9.17) is 0 Å². The third kappa shape index (κ3) is 2.61. The molecule has 94 valence electrons. The average molecular weight is 241 g/mol. The first kappa shape index (κ1) is 12.8. The van der Waals surface area contributed by atoms with Crippen molar-refractivity contribution >= 4 is 0 Å². The molecule has 0 aromatic heterocycles. The van der Waals surface area contributed by atoms with Crippen LogP contribution in [0.2, 0.25) is 0 Å². The lowest BCUT2D eigenvalue weighted by Gasteiger charge is -2.29. The highest BCUT2D eigenvalue weighted by Crippen LogP contribution is 2.32. The third-order valence-corrected chi connectivity index (χ3v) is 3.24. The Labute approximate surface area is 108 Å². The van der Waals surface area contributed by atoms with E-state index in [1.54, 1.807) is 0 Å². The van der Waals surface area contributed by atoms with Gasteiger partial charge in [-0.2, -0.15) is 0 Å². The molecule has 0 amide bonds. The second-order valence-corrected chi connectivity index (χ2v) is 4.45. The van der Waals surface area contributed by atoms with Crippen molar-refractivity contribution in [3.63, 3.8) is 0 Å². The average Bonchev–Trinajstić information content (AvgIpc) is 2.46. The Hall–Kier alpha value is -1.64. The van der Waals surface area contributed by atoms with Crippen LogP contribution in [0.4, 0.5) is 0 Å². The molecule has 0 heterocycles. The van der Waals surface area contributed by atoms with Gasteiger partial charge in [-0.1, -0.05) is 60.7 Å². The maximum absolute atomic E-state index is 11.0. The van der Waals surface area contributed by atoms with Gasteiger partial charge in [0.25, 0.3) is 0 Å². The number of nitrogens with one attached hydrogen (secondary N) is 1. The molecule has 0 unspecified atom stereocenters. The molecule has 0 atom stereocenters. The quantitative estimate of drug-likeness (QED) is 0.843. The number of aliphatic hydroxyl groups is 1. The zero-order valence-electron chi connectivity index (χ0n) is 10.6. The minimum Gasteiger partial charge on any atom is -0.380 e. The Balaban J connectivity index is 2.41. The van der Waals surface area contributed by atoms with E-state index in [9.17, 15) is 5.11 Å². The van der Waals surface area contributed by atoms with Crippen molar-refractivity contribution < 1.29 is 5.11 Å². The summed E-state index contributed by atoms with van der Waals surface area (Å²) in [6, 6.07) is 19.7. The summed E-state index contributed by atoms with van der Waals surface area (Å²) in [5.74, 6) is 0. The van der Waals surface area contributed by atoms with Gasteiger partial charge in [0.2, 0.25) is 0 Å². The van der Waals surface area contributed by atoms with Gasteiger partial charge >= 0.3 is 0 Å². The van der Waals surface area contributed by atoms with Crippen molar-refractivity contribution in [2.45, 2.75) is 12.0 Å². The first-order chi connectivity index (χ1) is 8.77. The first-order valence-corrected chi connectivity index (χ1v) is 6.25. The molecule has 2 rings (SSSR count). The van der Waals surface area contributed by atoms with Gasteiger partial charge in [0, 0.05) is 0 Å². The Kier molecular flexibility index (Phi) is 4.13. The first-order valence-electron chi connectivity index (χ1n) is 6.25. The summed E-state index contributed by atoms with van der Waals surface area (Å²) in [6.45, 7) is 0.764. The van der Waals surface area contributed by atoms with Gasteiger partial charge < -0.3 is 10.4 Å². The van der Waals surface area contributed by atoms with Crippen LogP contribution in [0.5, 0.6) is 0 Å². The van der Waals surface area contributed by atoms with Gasteiger partial charge in [-0.3, -0.25) is 0 Å². The summed E-state index contributed by atoms with van der Waals surface area (Å²) in [5, 5.41) is 14.1. The van der Waals surface area contributed by atoms with Crippen LogP contribution in [0.3, 0.4) is 0 Å². The zero-order chi connectivity index (χ0) is 12.8. The second kappa shape index (κ2) is 5.80. The predicted octanol–water partition coefficient (Wildman–Crippen LogP) is 2.53. The highest BCUT2D eigenvalue weighted by molar-refractivity contribution is 5.35. The number of hydrogen-bond acceptors (Lipinski definition) is 2. The molecule has 0 radical (unpaired) electrons. The van der Waals surface area contributed by atoms with Crippen molar-refractivity contribution in [3.8, 4) is 0 Å². The van der Waals surface area contributed by atoms with Crippen LogP contribution in [0.25, 0.3) is 0 Å². The van der Waals surface area contributed by atoms with Gasteiger partial charge in [0.05, 0.1) is 0 Å². The van der Waals surface area contributed by atoms with E-state index >= 15 is 0 Å². The molecule has 0 aliphatic heterocycles. The van der Waals surface area contributed by atoms with Crippen LogP contribution in [0, 0.1) is 0 Å². The number of rotatable bonds is 5. The van der Waals surface area contributed by atoms with Gasteiger partial charge in [0.1, 0.15) is 5.60 Å². The lowest BCUT2D eigenvalue weighted by Crippen LogP contribution is -2.31. The lowest BCUT2D eigenvalue weighted by atomic mass is 9.83. The van der Waals surface area contributed by atoms with Crippen molar-refractivity contribution in [1.29, 1.82) is 0 Å². The molecular formula is C16H19NO. The molecule has 0 bridgehead atoms. The van der Waals surface area contributed by atoms with Crippen molar-refractivity contribution in [2.24, 2.45) is 0 Å². The highest BCUT2D eigenvalue weighted by Gasteiger charge is 2.30. The summed E-state index contributed by atoms with van der Waals surface area (Å²) in [6.07, 6.45) is 0.650. The van der Waals surface area contributed by atoms with E-state index in [2.05, 4.69) is 5.32 Å². The maximum atomic E-state index is 11.0. The van der Waals surface area contributed by atoms with E-state index in [0.29, 0.717) is 6.42 Å². The largest absolute Gasteiger partial charge is 0.380 e. The van der Waals surface area contributed by atoms with Crippen molar-refractivity contribution in [1.82, 2.24) is 5.32 Å². The third-order valence-electron chi connectivity index (χ3n) is 3.24. The molecule has 2 nitrogen and oxygen atoms in total. The number of hydrogen-bond donors (Lipinski definition) is 2. The standard InChI is InChI=1S/C16H19NO/c1-17-13-12-16(18,14-8-4-2-5-9-14)15-10-6-3-7-11-15/h2-11,17-18H,12-13H2,1H3. The van der Waals surface area contributed by atoms with Gasteiger partial charge in [-0.05, 0) is 31.1 Å². The van der Waals surface area contributed by atoms with Crippen molar-refractivity contribution in [2.75, 3.05) is 13.6 Å². The lowest BCUT2D eigenvalue weighted by molar-refractivity contribution is 0.0717. The molecule has 0 fully saturated rings. The summed E-state index contributed by atoms with van der Waals surface area (Å²) >= 11 is 0. The molecule has 2 heteroatoms. The monoisotopic (exact) mass is 241 g/mol. The topological polar surface area (TPSA) is 32.3 Å². The summed E-state index contributed by atoms with van der Waals surface area (Å²) in [5.41, 5.74) is 0.948. The zero-order valence-corrected chi connectivity index (χ0v) is 10.6. The fraction of sp³-hybridized carbons (Fsp3) is 0.250. The molecule has 2 aromatic rings. The Morgan fingerprint density at radius 2 is 1.33 bits per heavy atom. The van der Waals surface area contributed by atoms with Crippen LogP contribution in [0.1, 0.15) is 17.5 Å². The minimum absolute atomic E-state index is 0.650. The van der Waals surface area contributed by atoms with Crippen molar-refractivity contribution in [3.05, 3.63) is 71.8 Å². The summed E-state index contributed by atoms with van der Waals surface area (Å²) in [4.78, 5) is 0. The summed E-state index contributed by atoms with van der Waals surface area (Å²) in [7, 11) is 1.90. The van der Waals surface area contributed by atoms with E-state index in [-0.39, 0.29) is 0 Å². The Morgan fingerprint density at radius 3 is 1.72 bits per heavy atom. The smallest absolute Gasteiger partial charge is 0.116 e. The van der Waals surface area contributed by atoms with Crippen LogP contribution in [0.15, 0.2) is 60.7 Å². The van der Waals surface area contributed by atoms with E-state index in [1.807, 2.05) is 67.7 Å². The second-order valence-electron chi connectivity index (χ2n) is 4.45. The molecule has 0 aliphatic carbocycles. The van der Waals surface area contributed by atoms with E-state index in [1.165, 1.54) is 0 Å². The van der Waals surface area contributed by atoms with E-state index < -0.39 is 5.60 Å². The molecule has 0 aliphatic rings. The fourth-order valence-corrected chi connectivity index (χ4v) is 2.19. The SMILES string of the molecule is CNCCC(O)(c1ccccc1)c1ccccc1. The minimum atomic E-state index is -0.925. The van der Waals surface area contributed by atoms with Gasteiger partial charge in [-0.15, -0.1) is 0 Å². The van der Waals surface area contributed by atoms with Gasteiger partial charge in [-0.25, -0.2) is 0 Å². The molecule has 18 heavy (non-hydrogen) atoms. The molecule has 0 saturated heterocycles. The molecule has 0 saturated carbocycles. The maximum Gasteiger partial charge on any atom is 0.116 e. The van der Waals surface area contributed by atoms with Crippen LogP contribution in [-0.2, 0) is 5.60 Å². The number of benzene rings is 2. The molecule has 0 spiro atoms. The summed E-state index contributed by atoms with van der Waals surface area (Å²) < 4.78 is 0. The van der Waals surface area contributed by atoms with Crippen LogP contribution in [-0.4, -0.2) is 18.7 Å². The molecular weight excluding hydrogens is 222 g/mol. The fourth-order valence-electron chi connectivity index (χ4n) is 2.19. The van der Waals surface area contributed by atoms with Gasteiger partial charge in [0.15, 0.2) is 0 Å². The normalized spacial score (nSPS) is 11.4. The highest BCUT2D eigenvalue weighted by atomic mass is 16.3. The molecule has 2 N–H and O–H groups in total. The Morgan fingerprint density at radius 1 is 0.889 bits per heavy atom.